The van der Waals surface area contributed by atoms with Crippen LogP contribution in [0.3, 0.4) is 0 Å². The van der Waals surface area contributed by atoms with Gasteiger partial charge in [-0.1, -0.05) is 0 Å². The highest BCUT2D eigenvalue weighted by Gasteiger charge is 2.22. The highest BCUT2D eigenvalue weighted by atomic mass is 32.2. The highest BCUT2D eigenvalue weighted by molar-refractivity contribution is 7.89. The summed E-state index contributed by atoms with van der Waals surface area (Å²) in [4.78, 5) is 0. The second kappa shape index (κ2) is 6.54. The monoisotopic (exact) mass is 250 g/mol. The minimum atomic E-state index is -3.11. The number of likely N-dealkylation sites (N-methyl/N-ethyl adjacent to an activating group) is 1. The number of nitrogens with one attached hydrogen (secondary N) is 1. The Morgan fingerprint density at radius 3 is 2.81 bits per heavy atom. The van der Waals surface area contributed by atoms with Crippen molar-refractivity contribution < 1.29 is 13.2 Å². The number of hydrogen-bond acceptors (Lipinski definition) is 4. The van der Waals surface area contributed by atoms with Gasteiger partial charge in [-0.05, 0) is 25.8 Å². The highest BCUT2D eigenvalue weighted by Crippen LogP contribution is 2.09. The topological polar surface area (TPSA) is 58.6 Å². The fraction of sp³-hybridized carbons (Fsp3) is 1.00. The van der Waals surface area contributed by atoms with Crippen molar-refractivity contribution in [3.8, 4) is 0 Å². The van der Waals surface area contributed by atoms with Crippen LogP contribution < -0.4 is 5.32 Å². The molecule has 1 unspecified atom stereocenters. The first kappa shape index (κ1) is 13.9. The van der Waals surface area contributed by atoms with Gasteiger partial charge in [0.05, 0.1) is 5.75 Å². The van der Waals surface area contributed by atoms with Crippen molar-refractivity contribution in [3.05, 3.63) is 0 Å². The first-order chi connectivity index (χ1) is 7.56. The van der Waals surface area contributed by atoms with E-state index in [4.69, 9.17) is 4.74 Å². The molecule has 1 atom stereocenters. The molecule has 16 heavy (non-hydrogen) atoms. The standard InChI is InChI=1S/C10H22N2O3S/c1-12(9-10-5-3-6-11-10)16(13,14)8-4-7-15-2/h10-11H,3-9H2,1-2H3. The molecule has 0 aromatic rings. The van der Waals surface area contributed by atoms with E-state index in [1.165, 1.54) is 4.31 Å². The summed E-state index contributed by atoms with van der Waals surface area (Å²) in [6, 6.07) is 0.321. The summed E-state index contributed by atoms with van der Waals surface area (Å²) < 4.78 is 30.0. The number of ether oxygens (including phenoxy) is 1. The van der Waals surface area contributed by atoms with E-state index >= 15 is 0 Å². The molecule has 0 aliphatic carbocycles. The predicted octanol–water partition coefficient (Wildman–Crippen LogP) is 0.0365. The average Bonchev–Trinajstić information content (AvgIpc) is 2.70. The molecular formula is C10H22N2O3S. The first-order valence-corrected chi connectivity index (χ1v) is 7.33. The van der Waals surface area contributed by atoms with Gasteiger partial charge in [0.15, 0.2) is 0 Å². The van der Waals surface area contributed by atoms with Gasteiger partial charge in [-0.15, -0.1) is 0 Å². The minimum absolute atomic E-state index is 0.171. The Kier molecular flexibility index (Phi) is 5.68. The van der Waals surface area contributed by atoms with Crippen LogP contribution in [0.15, 0.2) is 0 Å². The third kappa shape index (κ3) is 4.37. The van der Waals surface area contributed by atoms with E-state index in [0.29, 0.717) is 25.6 Å². The number of methoxy groups -OCH3 is 1. The second-order valence-electron chi connectivity index (χ2n) is 4.24. The molecule has 1 aliphatic heterocycles. The maximum Gasteiger partial charge on any atom is 0.213 e. The van der Waals surface area contributed by atoms with Crippen LogP contribution in [-0.2, 0) is 14.8 Å². The van der Waals surface area contributed by atoms with E-state index in [0.717, 1.165) is 19.4 Å². The molecule has 1 rings (SSSR count). The van der Waals surface area contributed by atoms with Crippen molar-refractivity contribution >= 4 is 10.0 Å². The van der Waals surface area contributed by atoms with Gasteiger partial charge in [0.1, 0.15) is 0 Å². The van der Waals surface area contributed by atoms with Crippen molar-refractivity contribution in [1.82, 2.24) is 9.62 Å². The van der Waals surface area contributed by atoms with E-state index in [2.05, 4.69) is 5.32 Å². The van der Waals surface area contributed by atoms with Crippen molar-refractivity contribution in [2.45, 2.75) is 25.3 Å². The van der Waals surface area contributed by atoms with Crippen LogP contribution in [0.5, 0.6) is 0 Å². The van der Waals surface area contributed by atoms with Gasteiger partial charge in [0, 0.05) is 33.4 Å². The lowest BCUT2D eigenvalue weighted by molar-refractivity contribution is 0.199. The van der Waals surface area contributed by atoms with Gasteiger partial charge in [0.2, 0.25) is 10.0 Å². The van der Waals surface area contributed by atoms with Crippen LogP contribution in [0.2, 0.25) is 0 Å². The smallest absolute Gasteiger partial charge is 0.213 e. The van der Waals surface area contributed by atoms with Crippen molar-refractivity contribution in [1.29, 1.82) is 0 Å². The number of rotatable bonds is 7. The summed E-state index contributed by atoms with van der Waals surface area (Å²) in [6.45, 7) is 2.08. The molecule has 0 aromatic carbocycles. The Hall–Kier alpha value is -0.170. The molecule has 1 heterocycles. The summed E-state index contributed by atoms with van der Waals surface area (Å²) in [7, 11) is 0.130. The second-order valence-corrected chi connectivity index (χ2v) is 6.43. The van der Waals surface area contributed by atoms with Gasteiger partial charge in [-0.25, -0.2) is 12.7 Å². The molecule has 0 radical (unpaired) electrons. The third-order valence-corrected chi connectivity index (χ3v) is 4.77. The largest absolute Gasteiger partial charge is 0.385 e. The SMILES string of the molecule is COCCCS(=O)(=O)N(C)CC1CCCN1. The Balaban J connectivity index is 2.35. The van der Waals surface area contributed by atoms with E-state index in [9.17, 15) is 8.42 Å². The van der Waals surface area contributed by atoms with E-state index in [-0.39, 0.29) is 5.75 Å². The predicted molar refractivity (Wildman–Crippen MR) is 63.9 cm³/mol. The van der Waals surface area contributed by atoms with Crippen molar-refractivity contribution in [2.75, 3.05) is 39.6 Å². The molecule has 0 amide bonds. The summed E-state index contributed by atoms with van der Waals surface area (Å²) >= 11 is 0. The van der Waals surface area contributed by atoms with Crippen LogP contribution in [0, 0.1) is 0 Å². The normalized spacial score (nSPS) is 21.8. The number of nitrogens with zero attached hydrogens (tertiary/aromatic N) is 1. The molecule has 6 heteroatoms. The Morgan fingerprint density at radius 2 is 2.25 bits per heavy atom. The molecule has 5 nitrogen and oxygen atoms in total. The van der Waals surface area contributed by atoms with Gasteiger partial charge in [-0.3, -0.25) is 0 Å². The van der Waals surface area contributed by atoms with Gasteiger partial charge < -0.3 is 10.1 Å². The Labute approximate surface area is 98.2 Å². The first-order valence-electron chi connectivity index (χ1n) is 5.72. The molecule has 0 bridgehead atoms. The van der Waals surface area contributed by atoms with Crippen molar-refractivity contribution in [3.63, 3.8) is 0 Å². The van der Waals surface area contributed by atoms with Crippen LogP contribution >= 0.6 is 0 Å². The van der Waals surface area contributed by atoms with Gasteiger partial charge >= 0.3 is 0 Å². The third-order valence-electron chi connectivity index (χ3n) is 2.87. The van der Waals surface area contributed by atoms with Crippen LogP contribution in [0.4, 0.5) is 0 Å². The zero-order chi connectivity index (χ0) is 12.0. The molecule has 96 valence electrons. The maximum absolute atomic E-state index is 11.8. The minimum Gasteiger partial charge on any atom is -0.385 e. The molecule has 0 aromatic heterocycles. The number of hydrogen-bond donors (Lipinski definition) is 1. The van der Waals surface area contributed by atoms with Crippen molar-refractivity contribution in [2.24, 2.45) is 0 Å². The lowest BCUT2D eigenvalue weighted by Crippen LogP contribution is -2.39. The summed E-state index contributed by atoms with van der Waals surface area (Å²) in [5, 5.41) is 3.30. The fourth-order valence-electron chi connectivity index (χ4n) is 1.88. The summed E-state index contributed by atoms with van der Waals surface area (Å²) in [5.41, 5.74) is 0. The average molecular weight is 250 g/mol. The van der Waals surface area contributed by atoms with Gasteiger partial charge in [-0.2, -0.15) is 0 Å². The summed E-state index contributed by atoms with van der Waals surface area (Å²) in [6.07, 6.45) is 2.77. The van der Waals surface area contributed by atoms with Crippen LogP contribution in [-0.4, -0.2) is 58.4 Å². The Bertz CT molecular complexity index is 286. The zero-order valence-corrected chi connectivity index (χ0v) is 10.9. The molecule has 1 N–H and O–H groups in total. The number of sulfonamides is 1. The van der Waals surface area contributed by atoms with E-state index in [1.807, 2.05) is 0 Å². The molecule has 0 spiro atoms. The lowest BCUT2D eigenvalue weighted by atomic mass is 10.2. The maximum atomic E-state index is 11.8. The summed E-state index contributed by atoms with van der Waals surface area (Å²) in [5.74, 6) is 0.171. The van der Waals surface area contributed by atoms with Gasteiger partial charge in [0.25, 0.3) is 0 Å². The zero-order valence-electron chi connectivity index (χ0n) is 10.1. The Morgan fingerprint density at radius 1 is 1.50 bits per heavy atom. The molecule has 1 aliphatic rings. The molecule has 1 saturated heterocycles. The van der Waals surface area contributed by atoms with E-state index in [1.54, 1.807) is 14.2 Å². The fourth-order valence-corrected chi connectivity index (χ4v) is 3.08. The van der Waals surface area contributed by atoms with E-state index < -0.39 is 10.0 Å². The molecular weight excluding hydrogens is 228 g/mol. The van der Waals surface area contributed by atoms with Crippen LogP contribution in [0.25, 0.3) is 0 Å². The molecule has 0 saturated carbocycles. The van der Waals surface area contributed by atoms with Crippen LogP contribution in [0.1, 0.15) is 19.3 Å². The molecule has 1 fully saturated rings. The lowest BCUT2D eigenvalue weighted by Gasteiger charge is -2.20. The quantitative estimate of drug-likeness (QED) is 0.648.